The monoisotopic (exact) mass is 504 g/mol. The predicted molar refractivity (Wildman–Crippen MR) is 146 cm³/mol. The van der Waals surface area contributed by atoms with Crippen LogP contribution in [0.15, 0.2) is 29.3 Å². The minimum Gasteiger partial charge on any atom is -0.368 e. The topological polar surface area (TPSA) is 108 Å². The van der Waals surface area contributed by atoms with E-state index in [-0.39, 0.29) is 22.9 Å². The van der Waals surface area contributed by atoms with Crippen molar-refractivity contribution in [2.24, 2.45) is 0 Å². The molecule has 196 valence electrons. The van der Waals surface area contributed by atoms with Crippen LogP contribution in [0.4, 0.5) is 17.5 Å². The lowest BCUT2D eigenvalue weighted by molar-refractivity contribution is 0.101. The number of nitrogens with one attached hydrogen (secondary N) is 2. The van der Waals surface area contributed by atoms with Crippen LogP contribution in [0.3, 0.4) is 0 Å². The molecule has 1 aliphatic carbocycles. The van der Waals surface area contributed by atoms with Gasteiger partial charge in [0.25, 0.3) is 5.56 Å². The van der Waals surface area contributed by atoms with Crippen LogP contribution in [-0.2, 0) is 0 Å². The summed E-state index contributed by atoms with van der Waals surface area (Å²) in [6.45, 7) is 9.37. The molecular formula is C27H36N8O2. The number of Topliss-reactive ketones (excluding diaryl/α,β-unsaturated/α-hetero) is 1. The number of ketones is 1. The summed E-state index contributed by atoms with van der Waals surface area (Å²) in [7, 11) is 1.99. The van der Waals surface area contributed by atoms with Gasteiger partial charge < -0.3 is 15.5 Å². The van der Waals surface area contributed by atoms with Crippen LogP contribution < -0.4 is 21.1 Å². The Morgan fingerprint density at radius 3 is 2.49 bits per heavy atom. The summed E-state index contributed by atoms with van der Waals surface area (Å²) in [5.41, 5.74) is 2.30. The van der Waals surface area contributed by atoms with Crippen LogP contribution in [0.2, 0.25) is 0 Å². The van der Waals surface area contributed by atoms with E-state index in [0.29, 0.717) is 23.0 Å². The van der Waals surface area contributed by atoms with Gasteiger partial charge in [0.05, 0.1) is 17.4 Å². The van der Waals surface area contributed by atoms with E-state index < -0.39 is 0 Å². The summed E-state index contributed by atoms with van der Waals surface area (Å²) in [6.07, 6.45) is 7.55. The number of anilines is 3. The SMILES string of the molecule is CNCCN1CCN(c2ccc(Nc3ncc4c(C)c(C(C)=O)c(=O)n(C5CCCC5)c4n3)nc2)CC1. The molecule has 0 radical (unpaired) electrons. The summed E-state index contributed by atoms with van der Waals surface area (Å²) in [5.74, 6) is 0.802. The van der Waals surface area contributed by atoms with Gasteiger partial charge in [0.1, 0.15) is 11.5 Å². The second-order valence-corrected chi connectivity index (χ2v) is 10.1. The number of pyridine rings is 2. The molecule has 1 aliphatic heterocycles. The van der Waals surface area contributed by atoms with Crippen molar-refractivity contribution in [2.45, 2.75) is 45.6 Å². The molecule has 10 heteroatoms. The van der Waals surface area contributed by atoms with E-state index in [1.807, 2.05) is 19.3 Å². The van der Waals surface area contributed by atoms with Crippen LogP contribution in [0, 0.1) is 6.92 Å². The van der Waals surface area contributed by atoms with Gasteiger partial charge in [-0.25, -0.2) is 9.97 Å². The molecule has 0 bridgehead atoms. The van der Waals surface area contributed by atoms with E-state index in [9.17, 15) is 9.59 Å². The highest BCUT2D eigenvalue weighted by atomic mass is 16.1. The normalized spacial score (nSPS) is 17.0. The highest BCUT2D eigenvalue weighted by molar-refractivity contribution is 5.99. The number of rotatable bonds is 8. The van der Waals surface area contributed by atoms with E-state index in [1.165, 1.54) is 6.92 Å². The Bertz CT molecular complexity index is 1320. The van der Waals surface area contributed by atoms with Crippen molar-refractivity contribution in [1.29, 1.82) is 0 Å². The Labute approximate surface area is 217 Å². The molecular weight excluding hydrogens is 468 g/mol. The fourth-order valence-electron chi connectivity index (χ4n) is 5.57. The van der Waals surface area contributed by atoms with Crippen LogP contribution in [0.25, 0.3) is 11.0 Å². The smallest absolute Gasteiger partial charge is 0.263 e. The molecule has 3 aromatic heterocycles. The number of nitrogens with zero attached hydrogens (tertiary/aromatic N) is 6. The molecule has 0 amide bonds. The van der Waals surface area contributed by atoms with Crippen molar-refractivity contribution in [1.82, 2.24) is 29.7 Å². The highest BCUT2D eigenvalue weighted by Gasteiger charge is 2.26. The summed E-state index contributed by atoms with van der Waals surface area (Å²) in [4.78, 5) is 44.4. The zero-order valence-electron chi connectivity index (χ0n) is 22.0. The largest absolute Gasteiger partial charge is 0.368 e. The van der Waals surface area contributed by atoms with Gasteiger partial charge in [0.15, 0.2) is 5.78 Å². The maximum Gasteiger partial charge on any atom is 0.263 e. The third-order valence-electron chi connectivity index (χ3n) is 7.65. The van der Waals surface area contributed by atoms with Crippen LogP contribution in [0.5, 0.6) is 0 Å². The van der Waals surface area contributed by atoms with E-state index in [2.05, 4.69) is 36.5 Å². The van der Waals surface area contributed by atoms with Crippen molar-refractivity contribution in [3.63, 3.8) is 0 Å². The Morgan fingerprint density at radius 1 is 1.08 bits per heavy atom. The van der Waals surface area contributed by atoms with Gasteiger partial charge in [0, 0.05) is 56.9 Å². The number of aryl methyl sites for hydroxylation is 1. The molecule has 37 heavy (non-hydrogen) atoms. The number of hydrogen-bond donors (Lipinski definition) is 2. The molecule has 5 rings (SSSR count). The molecule has 0 atom stereocenters. The first kappa shape index (κ1) is 25.3. The minimum absolute atomic E-state index is 0.0487. The number of fused-ring (bicyclic) bond motifs is 1. The van der Waals surface area contributed by atoms with Gasteiger partial charge in [0.2, 0.25) is 5.95 Å². The Balaban J connectivity index is 1.38. The zero-order chi connectivity index (χ0) is 25.9. The lowest BCUT2D eigenvalue weighted by Crippen LogP contribution is -2.48. The highest BCUT2D eigenvalue weighted by Crippen LogP contribution is 2.32. The van der Waals surface area contributed by atoms with E-state index in [4.69, 9.17) is 4.98 Å². The number of likely N-dealkylation sites (N-methyl/N-ethyl adjacent to an activating group) is 1. The van der Waals surface area contributed by atoms with Gasteiger partial charge in [-0.15, -0.1) is 0 Å². The van der Waals surface area contributed by atoms with Crippen LogP contribution in [0.1, 0.15) is 54.6 Å². The summed E-state index contributed by atoms with van der Waals surface area (Å²) in [6, 6.07) is 4.05. The number of carbonyl (C=O) groups is 1. The average Bonchev–Trinajstić information content (AvgIpc) is 3.42. The van der Waals surface area contributed by atoms with Gasteiger partial charge in [-0.1, -0.05) is 12.8 Å². The quantitative estimate of drug-likeness (QED) is 0.448. The Morgan fingerprint density at radius 2 is 1.84 bits per heavy atom. The maximum atomic E-state index is 13.4. The lowest BCUT2D eigenvalue weighted by atomic mass is 10.0. The second-order valence-electron chi connectivity index (χ2n) is 10.1. The third-order valence-corrected chi connectivity index (χ3v) is 7.65. The molecule has 0 aromatic carbocycles. The minimum atomic E-state index is -0.248. The maximum absolute atomic E-state index is 13.4. The first-order valence-corrected chi connectivity index (χ1v) is 13.2. The molecule has 0 spiro atoms. The number of piperazine rings is 1. The standard InChI is InChI=1S/C27H36N8O2/c1-18-22-17-30-27(32-25(22)35(20-6-4-5-7-20)26(37)24(18)19(2)36)31-23-9-8-21(16-29-23)34-14-12-33(13-15-34)11-10-28-3/h8-9,16-17,20,28H,4-7,10-15H2,1-3H3,(H,29,30,31,32). The van der Waals surface area contributed by atoms with E-state index in [0.717, 1.165) is 76.0 Å². The van der Waals surface area contributed by atoms with Crippen LogP contribution in [-0.4, -0.2) is 76.5 Å². The second kappa shape index (κ2) is 10.9. The molecule has 0 unspecified atom stereocenters. The fraction of sp³-hybridized carbons (Fsp3) is 0.519. The average molecular weight is 505 g/mol. The first-order chi connectivity index (χ1) is 18.0. The van der Waals surface area contributed by atoms with Crippen molar-refractivity contribution in [3.05, 3.63) is 46.0 Å². The summed E-state index contributed by atoms with van der Waals surface area (Å²) < 4.78 is 1.73. The molecule has 2 N–H and O–H groups in total. The predicted octanol–water partition coefficient (Wildman–Crippen LogP) is 2.90. The van der Waals surface area contributed by atoms with Crippen molar-refractivity contribution in [3.8, 4) is 0 Å². The molecule has 4 heterocycles. The van der Waals surface area contributed by atoms with E-state index in [1.54, 1.807) is 17.7 Å². The van der Waals surface area contributed by atoms with Gasteiger partial charge in [-0.3, -0.25) is 19.1 Å². The zero-order valence-corrected chi connectivity index (χ0v) is 22.0. The van der Waals surface area contributed by atoms with Crippen LogP contribution >= 0.6 is 0 Å². The molecule has 10 nitrogen and oxygen atoms in total. The third kappa shape index (κ3) is 5.21. The van der Waals surface area contributed by atoms with Crippen molar-refractivity contribution in [2.75, 3.05) is 56.5 Å². The van der Waals surface area contributed by atoms with E-state index >= 15 is 0 Å². The molecule has 2 aliphatic rings. The van der Waals surface area contributed by atoms with Crippen molar-refractivity contribution < 1.29 is 4.79 Å². The lowest BCUT2D eigenvalue weighted by Gasteiger charge is -2.35. The Kier molecular flexibility index (Phi) is 7.48. The first-order valence-electron chi connectivity index (χ1n) is 13.2. The number of carbonyl (C=O) groups excluding carboxylic acids is 1. The van der Waals surface area contributed by atoms with Gasteiger partial charge in [-0.05, 0) is 51.4 Å². The van der Waals surface area contributed by atoms with Crippen molar-refractivity contribution >= 4 is 34.3 Å². The number of aromatic nitrogens is 4. The summed E-state index contributed by atoms with van der Waals surface area (Å²) >= 11 is 0. The molecule has 1 saturated heterocycles. The molecule has 2 fully saturated rings. The van der Waals surface area contributed by atoms with Gasteiger partial charge >= 0.3 is 0 Å². The Hall–Kier alpha value is -3.37. The van der Waals surface area contributed by atoms with Gasteiger partial charge in [-0.2, -0.15) is 4.98 Å². The fourth-order valence-corrected chi connectivity index (χ4v) is 5.57. The molecule has 3 aromatic rings. The molecule has 1 saturated carbocycles. The number of hydrogen-bond acceptors (Lipinski definition) is 9. The summed E-state index contributed by atoms with van der Waals surface area (Å²) in [5, 5.41) is 7.15.